The summed E-state index contributed by atoms with van der Waals surface area (Å²) in [6.45, 7) is 3.24. The van der Waals surface area contributed by atoms with E-state index in [1.807, 2.05) is 13.0 Å². The Labute approximate surface area is 98.4 Å². The first-order valence-electron chi connectivity index (χ1n) is 5.25. The van der Waals surface area contributed by atoms with Gasteiger partial charge in [0.1, 0.15) is 5.52 Å². The number of benzene rings is 1. The number of oxazole rings is 1. The van der Waals surface area contributed by atoms with Gasteiger partial charge in [-0.2, -0.15) is 0 Å². The van der Waals surface area contributed by atoms with Crippen molar-refractivity contribution in [2.75, 3.05) is 19.1 Å². The van der Waals surface area contributed by atoms with Gasteiger partial charge in [-0.1, -0.05) is 6.07 Å². The quantitative estimate of drug-likeness (QED) is 0.754. The molecule has 0 aliphatic carbocycles. The van der Waals surface area contributed by atoms with Crippen LogP contribution in [0.25, 0.3) is 11.1 Å². The van der Waals surface area contributed by atoms with E-state index in [2.05, 4.69) is 17.1 Å². The van der Waals surface area contributed by atoms with Crippen LogP contribution < -0.4 is 0 Å². The monoisotopic (exact) mass is 237 g/mol. The highest BCUT2D eigenvalue weighted by atomic mass is 35.5. The summed E-state index contributed by atoms with van der Waals surface area (Å²) >= 11 is 6.03. The van der Waals surface area contributed by atoms with Crippen LogP contribution in [0.1, 0.15) is 11.5 Å². The summed E-state index contributed by atoms with van der Waals surface area (Å²) in [5.41, 5.74) is 2.88. The number of halogens is 1. The van der Waals surface area contributed by atoms with Crippen molar-refractivity contribution in [1.82, 2.24) is 4.98 Å². The minimum Gasteiger partial charge on any atom is -0.441 e. The lowest BCUT2D eigenvalue weighted by atomic mass is 9.80. The van der Waals surface area contributed by atoms with Gasteiger partial charge in [0.15, 0.2) is 11.5 Å². The van der Waals surface area contributed by atoms with Crippen molar-refractivity contribution in [1.29, 1.82) is 0 Å². The van der Waals surface area contributed by atoms with Gasteiger partial charge < -0.3 is 9.15 Å². The van der Waals surface area contributed by atoms with Crippen LogP contribution in [0.2, 0.25) is 0 Å². The SMILES string of the molecule is Cc1nc2cc(C3(CCl)COC3)ccc2o1. The standard InChI is InChI=1S/C12H12ClNO2/c1-8-14-10-4-9(2-3-11(10)16-8)12(5-13)6-15-7-12/h2-4H,5-7H2,1H3. The Kier molecular flexibility index (Phi) is 2.19. The molecular weight excluding hydrogens is 226 g/mol. The topological polar surface area (TPSA) is 35.3 Å². The van der Waals surface area contributed by atoms with Crippen LogP contribution in [-0.2, 0) is 10.2 Å². The van der Waals surface area contributed by atoms with Crippen LogP contribution in [0, 0.1) is 6.92 Å². The normalized spacial score (nSPS) is 18.6. The van der Waals surface area contributed by atoms with E-state index in [0.29, 0.717) is 25.0 Å². The second-order valence-corrected chi connectivity index (χ2v) is 4.59. The minimum atomic E-state index is -0.0252. The van der Waals surface area contributed by atoms with Crippen molar-refractivity contribution in [3.8, 4) is 0 Å². The molecule has 1 saturated heterocycles. The molecule has 1 aliphatic rings. The number of aryl methyl sites for hydroxylation is 1. The fourth-order valence-corrected chi connectivity index (χ4v) is 2.35. The summed E-state index contributed by atoms with van der Waals surface area (Å²) in [7, 11) is 0. The number of rotatable bonds is 2. The van der Waals surface area contributed by atoms with E-state index in [1.165, 1.54) is 5.56 Å². The molecule has 0 bridgehead atoms. The van der Waals surface area contributed by atoms with E-state index in [0.717, 1.165) is 11.1 Å². The summed E-state index contributed by atoms with van der Waals surface area (Å²) in [5, 5.41) is 0. The second kappa shape index (κ2) is 3.47. The Morgan fingerprint density at radius 2 is 2.25 bits per heavy atom. The molecule has 0 spiro atoms. The highest BCUT2D eigenvalue weighted by Crippen LogP contribution is 2.35. The third-order valence-electron chi connectivity index (χ3n) is 3.12. The average molecular weight is 238 g/mol. The summed E-state index contributed by atoms with van der Waals surface area (Å²) in [6.07, 6.45) is 0. The van der Waals surface area contributed by atoms with Crippen LogP contribution in [-0.4, -0.2) is 24.1 Å². The molecule has 0 amide bonds. The molecule has 16 heavy (non-hydrogen) atoms. The number of aromatic nitrogens is 1. The highest BCUT2D eigenvalue weighted by Gasteiger charge is 2.39. The zero-order chi connectivity index (χ0) is 11.2. The third kappa shape index (κ3) is 1.35. The predicted octanol–water partition coefficient (Wildman–Crippen LogP) is 2.64. The van der Waals surface area contributed by atoms with Gasteiger partial charge in [0.25, 0.3) is 0 Å². The van der Waals surface area contributed by atoms with Crippen molar-refractivity contribution >= 4 is 22.7 Å². The van der Waals surface area contributed by atoms with Gasteiger partial charge >= 0.3 is 0 Å². The maximum atomic E-state index is 6.03. The van der Waals surface area contributed by atoms with Crippen LogP contribution in [0.15, 0.2) is 22.6 Å². The molecule has 84 valence electrons. The molecule has 0 N–H and O–H groups in total. The summed E-state index contributed by atoms with van der Waals surface area (Å²) in [6, 6.07) is 6.06. The second-order valence-electron chi connectivity index (χ2n) is 4.32. The zero-order valence-corrected chi connectivity index (χ0v) is 9.75. The molecule has 4 heteroatoms. The number of alkyl halides is 1. The Bertz CT molecular complexity index is 525. The van der Waals surface area contributed by atoms with Gasteiger partial charge in [0, 0.05) is 12.8 Å². The van der Waals surface area contributed by atoms with Crippen LogP contribution in [0.5, 0.6) is 0 Å². The predicted molar refractivity (Wildman–Crippen MR) is 62.0 cm³/mol. The fourth-order valence-electron chi connectivity index (χ4n) is 2.04. The van der Waals surface area contributed by atoms with Gasteiger partial charge in [-0.05, 0) is 17.7 Å². The molecule has 1 aromatic heterocycles. The van der Waals surface area contributed by atoms with Gasteiger partial charge in [-0.3, -0.25) is 0 Å². The van der Waals surface area contributed by atoms with Gasteiger partial charge in [0.05, 0.1) is 18.6 Å². The van der Waals surface area contributed by atoms with Crippen molar-refractivity contribution in [3.05, 3.63) is 29.7 Å². The molecule has 3 rings (SSSR count). The summed E-state index contributed by atoms with van der Waals surface area (Å²) < 4.78 is 10.7. The van der Waals surface area contributed by atoms with Gasteiger partial charge in [-0.25, -0.2) is 4.98 Å². The Balaban J connectivity index is 2.10. The maximum Gasteiger partial charge on any atom is 0.192 e. The summed E-state index contributed by atoms with van der Waals surface area (Å²) in [4.78, 5) is 4.33. The van der Waals surface area contributed by atoms with Crippen molar-refractivity contribution in [2.24, 2.45) is 0 Å². The molecule has 3 nitrogen and oxygen atoms in total. The van der Waals surface area contributed by atoms with E-state index in [1.54, 1.807) is 0 Å². The van der Waals surface area contributed by atoms with Crippen LogP contribution in [0.3, 0.4) is 0 Å². The summed E-state index contributed by atoms with van der Waals surface area (Å²) in [5.74, 6) is 1.27. The lowest BCUT2D eigenvalue weighted by Gasteiger charge is -2.40. The number of hydrogen-bond acceptors (Lipinski definition) is 3. The molecule has 0 atom stereocenters. The van der Waals surface area contributed by atoms with E-state index in [-0.39, 0.29) is 5.41 Å². The Hall–Kier alpha value is -1.06. The maximum absolute atomic E-state index is 6.03. The molecule has 1 aromatic carbocycles. The number of fused-ring (bicyclic) bond motifs is 1. The molecule has 0 saturated carbocycles. The first kappa shape index (κ1) is 10.1. The van der Waals surface area contributed by atoms with Gasteiger partial charge in [-0.15, -0.1) is 11.6 Å². The first-order valence-corrected chi connectivity index (χ1v) is 5.78. The van der Waals surface area contributed by atoms with E-state index >= 15 is 0 Å². The Morgan fingerprint density at radius 1 is 1.44 bits per heavy atom. The van der Waals surface area contributed by atoms with Crippen LogP contribution >= 0.6 is 11.6 Å². The first-order chi connectivity index (χ1) is 7.73. The van der Waals surface area contributed by atoms with E-state index in [4.69, 9.17) is 20.8 Å². The molecule has 0 radical (unpaired) electrons. The highest BCUT2D eigenvalue weighted by molar-refractivity contribution is 6.18. The van der Waals surface area contributed by atoms with E-state index < -0.39 is 0 Å². The molecular formula is C12H12ClNO2. The van der Waals surface area contributed by atoms with Crippen LogP contribution in [0.4, 0.5) is 0 Å². The van der Waals surface area contributed by atoms with Crippen molar-refractivity contribution < 1.29 is 9.15 Å². The number of hydrogen-bond donors (Lipinski definition) is 0. The van der Waals surface area contributed by atoms with Crippen molar-refractivity contribution in [2.45, 2.75) is 12.3 Å². The minimum absolute atomic E-state index is 0.0252. The third-order valence-corrected chi connectivity index (χ3v) is 3.63. The average Bonchev–Trinajstić information content (AvgIpc) is 2.56. The largest absolute Gasteiger partial charge is 0.441 e. The molecule has 0 unspecified atom stereocenters. The number of ether oxygens (including phenoxy) is 1. The van der Waals surface area contributed by atoms with Gasteiger partial charge in [0.2, 0.25) is 0 Å². The number of nitrogens with zero attached hydrogens (tertiary/aromatic N) is 1. The van der Waals surface area contributed by atoms with Crippen molar-refractivity contribution in [3.63, 3.8) is 0 Å². The van der Waals surface area contributed by atoms with E-state index in [9.17, 15) is 0 Å². The lowest BCUT2D eigenvalue weighted by molar-refractivity contribution is -0.0479. The Morgan fingerprint density at radius 3 is 2.88 bits per heavy atom. The molecule has 1 aliphatic heterocycles. The smallest absolute Gasteiger partial charge is 0.192 e. The molecule has 2 heterocycles. The fraction of sp³-hybridized carbons (Fsp3) is 0.417. The molecule has 1 fully saturated rings. The molecule has 2 aromatic rings. The lowest BCUT2D eigenvalue weighted by Crippen LogP contribution is -2.48. The zero-order valence-electron chi connectivity index (χ0n) is 9.00.